The summed E-state index contributed by atoms with van der Waals surface area (Å²) in [5.41, 5.74) is 6.08. The molecular weight excluding hydrogens is 406 g/mol. The lowest BCUT2D eigenvalue weighted by Gasteiger charge is -2.15. The number of thiocarbonyl (C=S) groups is 1. The molecule has 0 spiro atoms. The maximum absolute atomic E-state index is 12.4. The number of nitrogens with one attached hydrogen (secondary N) is 1. The van der Waals surface area contributed by atoms with Crippen molar-refractivity contribution in [1.29, 1.82) is 0 Å². The molecule has 1 aliphatic heterocycles. The van der Waals surface area contributed by atoms with Gasteiger partial charge in [0.05, 0.1) is 17.2 Å². The lowest BCUT2D eigenvalue weighted by molar-refractivity contribution is 0.0792. The molecule has 0 aromatic carbocycles. The van der Waals surface area contributed by atoms with Crippen LogP contribution in [0.2, 0.25) is 0 Å². The van der Waals surface area contributed by atoms with Crippen LogP contribution in [0, 0.1) is 0 Å². The zero-order valence-electron chi connectivity index (χ0n) is 16.8. The smallest absolute Gasteiger partial charge is 0.257 e. The molecule has 0 radical (unpaired) electrons. The van der Waals surface area contributed by atoms with Crippen LogP contribution in [0.3, 0.4) is 0 Å². The minimum atomic E-state index is -0.511. The molecule has 9 nitrogen and oxygen atoms in total. The molecule has 30 heavy (non-hydrogen) atoms. The number of carbonyl (C=O) groups is 2. The van der Waals surface area contributed by atoms with Gasteiger partial charge >= 0.3 is 0 Å². The van der Waals surface area contributed by atoms with Crippen LogP contribution in [0.1, 0.15) is 47.4 Å². The Hall–Kier alpha value is -3.27. The Bertz CT molecular complexity index is 943. The SMILES string of the molecule is CC(C)Oc1cc(C(=O)NC(N)=S)cc(Oc2ccc(C(=O)N3CCCC3)cn2)n1. The van der Waals surface area contributed by atoms with E-state index in [4.69, 9.17) is 27.4 Å². The maximum Gasteiger partial charge on any atom is 0.257 e. The van der Waals surface area contributed by atoms with Crippen molar-refractivity contribution < 1.29 is 19.1 Å². The summed E-state index contributed by atoms with van der Waals surface area (Å²) in [7, 11) is 0. The second kappa shape index (κ2) is 9.49. The zero-order chi connectivity index (χ0) is 21.7. The molecule has 2 aromatic heterocycles. The van der Waals surface area contributed by atoms with Crippen molar-refractivity contribution in [3.05, 3.63) is 41.6 Å². The monoisotopic (exact) mass is 429 g/mol. The summed E-state index contributed by atoms with van der Waals surface area (Å²) in [6, 6.07) is 6.12. The minimum absolute atomic E-state index is 0.0475. The number of nitrogens with two attached hydrogens (primary N) is 1. The van der Waals surface area contributed by atoms with Crippen molar-refractivity contribution in [2.45, 2.75) is 32.8 Å². The van der Waals surface area contributed by atoms with Gasteiger partial charge in [-0.1, -0.05) is 0 Å². The third-order valence-corrected chi connectivity index (χ3v) is 4.32. The van der Waals surface area contributed by atoms with Gasteiger partial charge in [-0.3, -0.25) is 14.9 Å². The molecule has 1 aliphatic rings. The predicted octanol–water partition coefficient (Wildman–Crippen LogP) is 2.27. The van der Waals surface area contributed by atoms with Gasteiger partial charge in [-0.2, -0.15) is 4.98 Å². The van der Waals surface area contributed by atoms with Gasteiger partial charge in [0.25, 0.3) is 11.8 Å². The Morgan fingerprint density at radius 1 is 1.13 bits per heavy atom. The first kappa shape index (κ1) is 21.4. The summed E-state index contributed by atoms with van der Waals surface area (Å²) in [5.74, 6) is -0.0248. The van der Waals surface area contributed by atoms with Gasteiger partial charge < -0.3 is 20.1 Å². The molecule has 0 atom stereocenters. The van der Waals surface area contributed by atoms with Crippen molar-refractivity contribution in [2.24, 2.45) is 5.73 Å². The lowest BCUT2D eigenvalue weighted by atomic mass is 10.2. The number of hydrogen-bond donors (Lipinski definition) is 2. The highest BCUT2D eigenvalue weighted by molar-refractivity contribution is 7.80. The Morgan fingerprint density at radius 3 is 2.43 bits per heavy atom. The lowest BCUT2D eigenvalue weighted by Crippen LogP contribution is -2.34. The molecule has 3 N–H and O–H groups in total. The van der Waals surface area contributed by atoms with Crippen molar-refractivity contribution in [1.82, 2.24) is 20.2 Å². The highest BCUT2D eigenvalue weighted by Crippen LogP contribution is 2.24. The van der Waals surface area contributed by atoms with Gasteiger partial charge in [0, 0.05) is 37.5 Å². The molecule has 3 heterocycles. The molecule has 2 aromatic rings. The molecule has 1 saturated heterocycles. The molecule has 1 fully saturated rings. The highest BCUT2D eigenvalue weighted by Gasteiger charge is 2.20. The average molecular weight is 430 g/mol. The van der Waals surface area contributed by atoms with Crippen LogP contribution in [0.25, 0.3) is 0 Å². The van der Waals surface area contributed by atoms with Crippen LogP contribution in [0.15, 0.2) is 30.5 Å². The van der Waals surface area contributed by atoms with E-state index in [1.165, 1.54) is 18.3 Å². The van der Waals surface area contributed by atoms with Gasteiger partial charge in [-0.15, -0.1) is 0 Å². The molecule has 0 unspecified atom stereocenters. The summed E-state index contributed by atoms with van der Waals surface area (Å²) < 4.78 is 11.3. The fourth-order valence-corrected chi connectivity index (χ4v) is 3.02. The second-order valence-corrected chi connectivity index (χ2v) is 7.44. The Labute approximate surface area is 179 Å². The normalized spacial score (nSPS) is 13.2. The number of rotatable bonds is 6. The summed E-state index contributed by atoms with van der Waals surface area (Å²) in [6.07, 6.45) is 3.34. The van der Waals surface area contributed by atoms with Crippen LogP contribution < -0.4 is 20.5 Å². The van der Waals surface area contributed by atoms with Gasteiger partial charge in [-0.25, -0.2) is 4.98 Å². The average Bonchev–Trinajstić information content (AvgIpc) is 3.21. The summed E-state index contributed by atoms with van der Waals surface area (Å²) >= 11 is 4.71. The van der Waals surface area contributed by atoms with Crippen LogP contribution in [-0.2, 0) is 0 Å². The van der Waals surface area contributed by atoms with Gasteiger partial charge in [0.15, 0.2) is 5.11 Å². The van der Waals surface area contributed by atoms with E-state index in [0.717, 1.165) is 25.9 Å². The van der Waals surface area contributed by atoms with E-state index < -0.39 is 5.91 Å². The van der Waals surface area contributed by atoms with Crippen LogP contribution in [0.4, 0.5) is 0 Å². The van der Waals surface area contributed by atoms with E-state index in [1.807, 2.05) is 13.8 Å². The molecule has 0 bridgehead atoms. The van der Waals surface area contributed by atoms with Crippen molar-refractivity contribution >= 4 is 29.1 Å². The fourth-order valence-electron chi connectivity index (χ4n) is 2.93. The largest absolute Gasteiger partial charge is 0.475 e. The van der Waals surface area contributed by atoms with Gasteiger partial charge in [0.2, 0.25) is 17.6 Å². The van der Waals surface area contributed by atoms with E-state index in [9.17, 15) is 9.59 Å². The van der Waals surface area contributed by atoms with Crippen LogP contribution in [-0.4, -0.2) is 51.0 Å². The third-order valence-electron chi connectivity index (χ3n) is 4.22. The van der Waals surface area contributed by atoms with Gasteiger partial charge in [-0.05, 0) is 45.0 Å². The first-order valence-electron chi connectivity index (χ1n) is 9.54. The van der Waals surface area contributed by atoms with Crippen molar-refractivity contribution in [3.8, 4) is 17.6 Å². The van der Waals surface area contributed by atoms with E-state index >= 15 is 0 Å². The van der Waals surface area contributed by atoms with Crippen molar-refractivity contribution in [3.63, 3.8) is 0 Å². The molecule has 3 rings (SSSR count). The maximum atomic E-state index is 12.4. The fraction of sp³-hybridized carbons (Fsp3) is 0.350. The Kier molecular flexibility index (Phi) is 6.78. The minimum Gasteiger partial charge on any atom is -0.475 e. The molecule has 2 amide bonds. The van der Waals surface area contributed by atoms with E-state index in [0.29, 0.717) is 5.56 Å². The quantitative estimate of drug-likeness (QED) is 0.671. The van der Waals surface area contributed by atoms with E-state index in [2.05, 4.69) is 15.3 Å². The molecule has 10 heteroatoms. The van der Waals surface area contributed by atoms with Crippen LogP contribution in [0.5, 0.6) is 17.6 Å². The standard InChI is InChI=1S/C20H23N5O4S/c1-12(2)28-16-9-14(18(26)24-20(21)30)10-17(23-16)29-15-6-5-13(11-22-15)19(27)25-7-3-4-8-25/h5-6,9-12H,3-4,7-8H2,1-2H3,(H3,21,24,26,30). The number of aromatic nitrogens is 2. The number of amides is 2. The van der Waals surface area contributed by atoms with E-state index in [-0.39, 0.29) is 40.3 Å². The first-order valence-corrected chi connectivity index (χ1v) is 9.95. The Morgan fingerprint density at radius 2 is 1.83 bits per heavy atom. The number of hydrogen-bond acceptors (Lipinski definition) is 7. The molecule has 0 aliphatic carbocycles. The summed E-state index contributed by atoms with van der Waals surface area (Å²) in [6.45, 7) is 5.20. The van der Waals surface area contributed by atoms with Crippen molar-refractivity contribution in [2.75, 3.05) is 13.1 Å². The summed E-state index contributed by atoms with van der Waals surface area (Å²) in [5, 5.41) is 2.20. The Balaban J connectivity index is 1.79. The third kappa shape index (κ3) is 5.63. The zero-order valence-corrected chi connectivity index (χ0v) is 17.6. The molecule has 0 saturated carbocycles. The van der Waals surface area contributed by atoms with Crippen LogP contribution >= 0.6 is 12.2 Å². The van der Waals surface area contributed by atoms with E-state index in [1.54, 1.807) is 17.0 Å². The predicted molar refractivity (Wildman–Crippen MR) is 114 cm³/mol. The second-order valence-electron chi connectivity index (χ2n) is 7.00. The number of pyridine rings is 2. The first-order chi connectivity index (χ1) is 14.3. The number of carbonyl (C=O) groups excluding carboxylic acids is 2. The topological polar surface area (TPSA) is 120 Å². The number of ether oxygens (including phenoxy) is 2. The summed E-state index contributed by atoms with van der Waals surface area (Å²) in [4.78, 5) is 34.9. The highest BCUT2D eigenvalue weighted by atomic mass is 32.1. The molecular formula is C20H23N5O4S. The number of likely N-dealkylation sites (tertiary alicyclic amines) is 1. The number of nitrogens with zero attached hydrogens (tertiary/aromatic N) is 3. The van der Waals surface area contributed by atoms with Gasteiger partial charge in [0.1, 0.15) is 0 Å². The molecule has 158 valence electrons.